The van der Waals surface area contributed by atoms with Crippen LogP contribution in [0.1, 0.15) is 12.6 Å². The van der Waals surface area contributed by atoms with Crippen LogP contribution in [0.3, 0.4) is 0 Å². The highest BCUT2D eigenvalue weighted by atomic mass is 35.5. The molecule has 0 spiro atoms. The fraction of sp³-hybridized carbons (Fsp3) is 0.500. The van der Waals surface area contributed by atoms with E-state index < -0.39 is 0 Å². The van der Waals surface area contributed by atoms with E-state index in [1.807, 2.05) is 31.0 Å². The number of likely N-dealkylation sites (N-methyl/N-ethyl adjacent to an activating group) is 1. The highest BCUT2D eigenvalue weighted by Crippen LogP contribution is 2.08. The Bertz CT molecular complexity index is 293. The van der Waals surface area contributed by atoms with Crippen molar-refractivity contribution >= 4 is 11.6 Å². The molecule has 14 heavy (non-hydrogen) atoms. The SMILES string of the molecule is CC(CO)N(C)Cc1cccc(Cl)n1. The number of hydrogen-bond donors (Lipinski definition) is 1. The standard InChI is InChI=1S/C10H15ClN2O/c1-8(7-14)13(2)6-9-4-3-5-10(11)12-9/h3-5,8,14H,6-7H2,1-2H3. The number of rotatable bonds is 4. The molecular formula is C10H15ClN2O. The lowest BCUT2D eigenvalue weighted by atomic mass is 10.3. The molecular weight excluding hydrogens is 200 g/mol. The number of pyridine rings is 1. The topological polar surface area (TPSA) is 36.4 Å². The Morgan fingerprint density at radius 1 is 1.57 bits per heavy atom. The molecule has 0 bridgehead atoms. The summed E-state index contributed by atoms with van der Waals surface area (Å²) in [5.41, 5.74) is 0.917. The van der Waals surface area contributed by atoms with Gasteiger partial charge in [-0.1, -0.05) is 17.7 Å². The summed E-state index contributed by atoms with van der Waals surface area (Å²) in [5, 5.41) is 9.46. The Morgan fingerprint density at radius 3 is 2.86 bits per heavy atom. The first-order chi connectivity index (χ1) is 6.63. The summed E-state index contributed by atoms with van der Waals surface area (Å²) in [6.45, 7) is 2.81. The van der Waals surface area contributed by atoms with E-state index in [-0.39, 0.29) is 12.6 Å². The molecule has 1 heterocycles. The molecule has 1 aromatic heterocycles. The molecule has 3 nitrogen and oxygen atoms in total. The molecule has 0 aliphatic carbocycles. The van der Waals surface area contributed by atoms with Crippen molar-refractivity contribution in [2.24, 2.45) is 0 Å². The molecule has 0 saturated heterocycles. The highest BCUT2D eigenvalue weighted by molar-refractivity contribution is 6.29. The summed E-state index contributed by atoms with van der Waals surface area (Å²) < 4.78 is 0. The maximum Gasteiger partial charge on any atom is 0.129 e. The Hall–Kier alpha value is -0.640. The predicted octanol–water partition coefficient (Wildman–Crippen LogP) is 1.55. The molecule has 0 aliphatic rings. The zero-order valence-corrected chi connectivity index (χ0v) is 9.20. The number of aliphatic hydroxyl groups is 1. The number of aromatic nitrogens is 1. The van der Waals surface area contributed by atoms with Crippen molar-refractivity contribution in [2.75, 3.05) is 13.7 Å². The molecule has 0 aliphatic heterocycles. The van der Waals surface area contributed by atoms with Crippen LogP contribution in [-0.2, 0) is 6.54 Å². The number of aliphatic hydroxyl groups excluding tert-OH is 1. The zero-order chi connectivity index (χ0) is 10.6. The third-order valence-electron chi connectivity index (χ3n) is 2.20. The van der Waals surface area contributed by atoms with Gasteiger partial charge in [0, 0.05) is 12.6 Å². The largest absolute Gasteiger partial charge is 0.395 e. The minimum atomic E-state index is 0.135. The second kappa shape index (κ2) is 5.29. The van der Waals surface area contributed by atoms with Crippen LogP contribution >= 0.6 is 11.6 Å². The molecule has 0 saturated carbocycles. The van der Waals surface area contributed by atoms with Crippen LogP contribution in [0.4, 0.5) is 0 Å². The quantitative estimate of drug-likeness (QED) is 0.773. The molecule has 1 unspecified atom stereocenters. The van der Waals surface area contributed by atoms with Crippen LogP contribution in [0, 0.1) is 0 Å². The average molecular weight is 215 g/mol. The molecule has 1 N–H and O–H groups in total. The van der Waals surface area contributed by atoms with Gasteiger partial charge in [-0.05, 0) is 26.1 Å². The van der Waals surface area contributed by atoms with Gasteiger partial charge in [-0.2, -0.15) is 0 Å². The molecule has 1 rings (SSSR count). The van der Waals surface area contributed by atoms with Crippen LogP contribution in [0.15, 0.2) is 18.2 Å². The first-order valence-electron chi connectivity index (χ1n) is 4.56. The number of hydrogen-bond acceptors (Lipinski definition) is 3. The van der Waals surface area contributed by atoms with Crippen molar-refractivity contribution < 1.29 is 5.11 Å². The van der Waals surface area contributed by atoms with Gasteiger partial charge in [0.15, 0.2) is 0 Å². The Balaban J connectivity index is 2.60. The monoisotopic (exact) mass is 214 g/mol. The van der Waals surface area contributed by atoms with E-state index in [9.17, 15) is 0 Å². The number of halogens is 1. The third-order valence-corrected chi connectivity index (χ3v) is 2.41. The van der Waals surface area contributed by atoms with Crippen molar-refractivity contribution in [3.05, 3.63) is 29.0 Å². The maximum absolute atomic E-state index is 8.95. The average Bonchev–Trinajstić information content (AvgIpc) is 2.16. The lowest BCUT2D eigenvalue weighted by Crippen LogP contribution is -2.31. The summed E-state index contributed by atoms with van der Waals surface area (Å²) in [4.78, 5) is 6.20. The Kier molecular flexibility index (Phi) is 4.32. The van der Waals surface area contributed by atoms with E-state index in [4.69, 9.17) is 16.7 Å². The van der Waals surface area contributed by atoms with E-state index in [2.05, 4.69) is 4.98 Å². The molecule has 0 fully saturated rings. The van der Waals surface area contributed by atoms with Crippen molar-refractivity contribution in [3.8, 4) is 0 Å². The summed E-state index contributed by atoms with van der Waals surface area (Å²) in [5.74, 6) is 0. The maximum atomic E-state index is 8.95. The Labute approximate surface area is 89.3 Å². The lowest BCUT2D eigenvalue weighted by molar-refractivity contribution is 0.153. The molecule has 0 aromatic carbocycles. The smallest absolute Gasteiger partial charge is 0.129 e. The summed E-state index contributed by atoms with van der Waals surface area (Å²) in [7, 11) is 1.95. The molecule has 0 radical (unpaired) electrons. The van der Waals surface area contributed by atoms with Gasteiger partial charge in [0.1, 0.15) is 5.15 Å². The van der Waals surface area contributed by atoms with Crippen molar-refractivity contribution in [2.45, 2.75) is 19.5 Å². The van der Waals surface area contributed by atoms with E-state index >= 15 is 0 Å². The second-order valence-corrected chi connectivity index (χ2v) is 3.79. The minimum absolute atomic E-state index is 0.135. The van der Waals surface area contributed by atoms with Gasteiger partial charge in [0.25, 0.3) is 0 Å². The summed E-state index contributed by atoms with van der Waals surface area (Å²) in [6, 6.07) is 5.69. The van der Waals surface area contributed by atoms with Gasteiger partial charge in [0.05, 0.1) is 12.3 Å². The molecule has 1 aromatic rings. The van der Waals surface area contributed by atoms with Crippen LogP contribution in [0.2, 0.25) is 5.15 Å². The Morgan fingerprint density at radius 2 is 2.29 bits per heavy atom. The molecule has 78 valence electrons. The van der Waals surface area contributed by atoms with E-state index in [0.29, 0.717) is 11.7 Å². The normalized spacial score (nSPS) is 13.2. The van der Waals surface area contributed by atoms with Gasteiger partial charge in [-0.15, -0.1) is 0 Å². The molecule has 1 atom stereocenters. The third kappa shape index (κ3) is 3.25. The van der Waals surface area contributed by atoms with Crippen LogP contribution < -0.4 is 0 Å². The van der Waals surface area contributed by atoms with Crippen LogP contribution in [0.5, 0.6) is 0 Å². The number of nitrogens with zero attached hydrogens (tertiary/aromatic N) is 2. The van der Waals surface area contributed by atoms with Crippen molar-refractivity contribution in [1.29, 1.82) is 0 Å². The van der Waals surface area contributed by atoms with Crippen LogP contribution in [0.25, 0.3) is 0 Å². The fourth-order valence-electron chi connectivity index (χ4n) is 1.09. The van der Waals surface area contributed by atoms with Gasteiger partial charge >= 0.3 is 0 Å². The molecule has 0 amide bonds. The summed E-state index contributed by atoms with van der Waals surface area (Å²) >= 11 is 5.76. The summed E-state index contributed by atoms with van der Waals surface area (Å²) in [6.07, 6.45) is 0. The second-order valence-electron chi connectivity index (χ2n) is 3.40. The van der Waals surface area contributed by atoms with Crippen molar-refractivity contribution in [1.82, 2.24) is 9.88 Å². The zero-order valence-electron chi connectivity index (χ0n) is 8.44. The first-order valence-corrected chi connectivity index (χ1v) is 4.94. The fourth-order valence-corrected chi connectivity index (χ4v) is 1.27. The van der Waals surface area contributed by atoms with Gasteiger partial charge < -0.3 is 5.11 Å². The van der Waals surface area contributed by atoms with E-state index in [1.54, 1.807) is 6.07 Å². The van der Waals surface area contributed by atoms with Gasteiger partial charge in [0.2, 0.25) is 0 Å². The first kappa shape index (κ1) is 11.4. The molecule has 4 heteroatoms. The lowest BCUT2D eigenvalue weighted by Gasteiger charge is -2.22. The van der Waals surface area contributed by atoms with Crippen LogP contribution in [-0.4, -0.2) is 34.7 Å². The highest BCUT2D eigenvalue weighted by Gasteiger charge is 2.08. The van der Waals surface area contributed by atoms with E-state index in [1.165, 1.54) is 0 Å². The van der Waals surface area contributed by atoms with E-state index in [0.717, 1.165) is 5.69 Å². The van der Waals surface area contributed by atoms with Gasteiger partial charge in [-0.3, -0.25) is 4.90 Å². The minimum Gasteiger partial charge on any atom is -0.395 e. The predicted molar refractivity (Wildman–Crippen MR) is 57.3 cm³/mol. The van der Waals surface area contributed by atoms with Crippen molar-refractivity contribution in [3.63, 3.8) is 0 Å². The van der Waals surface area contributed by atoms with Gasteiger partial charge in [-0.25, -0.2) is 4.98 Å².